The zero-order chi connectivity index (χ0) is 21.8. The SMILES string of the molecule is COc1cc(/C=C2\C(=N)N3OC(C)=CC3=NC2=O)ccc1OCCSc1ccccc1. The highest BCUT2D eigenvalue weighted by Gasteiger charge is 2.34. The molecule has 2 aromatic carbocycles. The van der Waals surface area contributed by atoms with Gasteiger partial charge in [-0.2, -0.15) is 4.99 Å². The first-order valence-electron chi connectivity index (χ1n) is 9.64. The van der Waals surface area contributed by atoms with Gasteiger partial charge >= 0.3 is 0 Å². The van der Waals surface area contributed by atoms with E-state index in [1.807, 2.05) is 24.3 Å². The molecule has 0 unspecified atom stereocenters. The van der Waals surface area contributed by atoms with E-state index in [1.165, 1.54) is 9.96 Å². The van der Waals surface area contributed by atoms with Gasteiger partial charge in [-0.25, -0.2) is 0 Å². The van der Waals surface area contributed by atoms with Crippen LogP contribution >= 0.6 is 11.8 Å². The maximum absolute atomic E-state index is 12.4. The van der Waals surface area contributed by atoms with Crippen LogP contribution in [-0.4, -0.2) is 42.1 Å². The number of amides is 1. The molecule has 2 aliphatic heterocycles. The first kappa shape index (κ1) is 20.7. The van der Waals surface area contributed by atoms with E-state index in [2.05, 4.69) is 17.1 Å². The number of methoxy groups -OCH3 is 1. The fourth-order valence-electron chi connectivity index (χ4n) is 3.09. The number of carbonyl (C=O) groups is 1. The Morgan fingerprint density at radius 3 is 2.77 bits per heavy atom. The zero-order valence-electron chi connectivity index (χ0n) is 17.1. The van der Waals surface area contributed by atoms with Crippen molar-refractivity contribution in [3.63, 3.8) is 0 Å². The summed E-state index contributed by atoms with van der Waals surface area (Å²) in [5.74, 6) is 2.32. The van der Waals surface area contributed by atoms with Crippen LogP contribution < -0.4 is 9.47 Å². The topological polar surface area (TPSA) is 84.2 Å². The third kappa shape index (κ3) is 4.64. The number of hydrogen-bond donors (Lipinski definition) is 1. The van der Waals surface area contributed by atoms with Crippen molar-refractivity contribution in [2.75, 3.05) is 19.5 Å². The molecule has 7 nitrogen and oxygen atoms in total. The summed E-state index contributed by atoms with van der Waals surface area (Å²) in [6.45, 7) is 2.26. The molecule has 1 amide bonds. The van der Waals surface area contributed by atoms with Crippen molar-refractivity contribution < 1.29 is 19.1 Å². The summed E-state index contributed by atoms with van der Waals surface area (Å²) in [6.07, 6.45) is 3.22. The summed E-state index contributed by atoms with van der Waals surface area (Å²) in [4.78, 5) is 23.0. The molecule has 2 heterocycles. The van der Waals surface area contributed by atoms with Crippen molar-refractivity contribution in [3.8, 4) is 11.5 Å². The average Bonchev–Trinajstić information content (AvgIpc) is 3.15. The lowest BCUT2D eigenvalue weighted by Crippen LogP contribution is -2.38. The number of nitrogens with zero attached hydrogens (tertiary/aromatic N) is 2. The van der Waals surface area contributed by atoms with E-state index in [0.29, 0.717) is 35.3 Å². The van der Waals surface area contributed by atoms with Gasteiger partial charge in [-0.1, -0.05) is 24.3 Å². The van der Waals surface area contributed by atoms with Crippen molar-refractivity contribution in [2.45, 2.75) is 11.8 Å². The zero-order valence-corrected chi connectivity index (χ0v) is 17.9. The van der Waals surface area contributed by atoms with Crippen LogP contribution in [0.15, 0.2) is 75.8 Å². The first-order chi connectivity index (χ1) is 15.0. The number of thioether (sulfide) groups is 1. The third-order valence-electron chi connectivity index (χ3n) is 4.53. The van der Waals surface area contributed by atoms with Crippen LogP contribution in [0.2, 0.25) is 0 Å². The average molecular weight is 436 g/mol. The molecule has 2 aromatic rings. The summed E-state index contributed by atoms with van der Waals surface area (Å²) in [5, 5.41) is 9.54. The van der Waals surface area contributed by atoms with Gasteiger partial charge in [-0.05, 0) is 42.8 Å². The van der Waals surface area contributed by atoms with Crippen LogP contribution in [0.5, 0.6) is 11.5 Å². The predicted molar refractivity (Wildman–Crippen MR) is 120 cm³/mol. The smallest absolute Gasteiger partial charge is 0.282 e. The molecule has 0 radical (unpaired) electrons. The second kappa shape index (κ2) is 9.09. The van der Waals surface area contributed by atoms with Crippen molar-refractivity contribution in [1.82, 2.24) is 5.06 Å². The van der Waals surface area contributed by atoms with Crippen LogP contribution in [-0.2, 0) is 9.63 Å². The molecule has 0 saturated carbocycles. The Morgan fingerprint density at radius 1 is 1.19 bits per heavy atom. The molecule has 0 atom stereocenters. The second-order valence-electron chi connectivity index (χ2n) is 6.74. The van der Waals surface area contributed by atoms with Gasteiger partial charge in [0.1, 0.15) is 5.76 Å². The first-order valence-corrected chi connectivity index (χ1v) is 10.6. The van der Waals surface area contributed by atoms with Crippen molar-refractivity contribution in [2.24, 2.45) is 4.99 Å². The minimum atomic E-state index is -0.483. The Kier molecular flexibility index (Phi) is 6.08. The van der Waals surface area contributed by atoms with E-state index in [4.69, 9.17) is 19.7 Å². The number of hydroxylamine groups is 2. The van der Waals surface area contributed by atoms with Crippen LogP contribution in [0.3, 0.4) is 0 Å². The lowest BCUT2D eigenvalue weighted by molar-refractivity contribution is -0.114. The number of allylic oxidation sites excluding steroid dienone is 1. The summed E-state index contributed by atoms with van der Waals surface area (Å²) < 4.78 is 11.3. The number of amidine groups is 2. The molecule has 2 aliphatic rings. The van der Waals surface area contributed by atoms with Crippen molar-refractivity contribution in [1.29, 1.82) is 5.41 Å². The summed E-state index contributed by atoms with van der Waals surface area (Å²) in [6, 6.07) is 15.5. The molecule has 0 aliphatic carbocycles. The van der Waals surface area contributed by atoms with E-state index in [-0.39, 0.29) is 11.4 Å². The van der Waals surface area contributed by atoms with Crippen LogP contribution in [0.1, 0.15) is 12.5 Å². The highest BCUT2D eigenvalue weighted by atomic mass is 32.2. The Labute approximate surface area is 184 Å². The van der Waals surface area contributed by atoms with Gasteiger partial charge < -0.3 is 14.3 Å². The number of benzene rings is 2. The number of fused-ring (bicyclic) bond motifs is 1. The van der Waals surface area contributed by atoms with Crippen molar-refractivity contribution >= 4 is 35.4 Å². The van der Waals surface area contributed by atoms with Crippen LogP contribution in [0.4, 0.5) is 0 Å². The minimum absolute atomic E-state index is 0.0552. The maximum Gasteiger partial charge on any atom is 0.282 e. The van der Waals surface area contributed by atoms with Gasteiger partial charge in [0.05, 0.1) is 19.3 Å². The van der Waals surface area contributed by atoms with Gasteiger partial charge in [0.25, 0.3) is 5.91 Å². The summed E-state index contributed by atoms with van der Waals surface area (Å²) in [7, 11) is 1.56. The molecule has 158 valence electrons. The fourth-order valence-corrected chi connectivity index (χ4v) is 3.84. The maximum atomic E-state index is 12.4. The largest absolute Gasteiger partial charge is 0.493 e. The highest BCUT2D eigenvalue weighted by Crippen LogP contribution is 2.30. The molecule has 0 fully saturated rings. The van der Waals surface area contributed by atoms with Gasteiger partial charge in [-0.3, -0.25) is 10.2 Å². The number of rotatable bonds is 7. The molecule has 31 heavy (non-hydrogen) atoms. The molecule has 0 aromatic heterocycles. The van der Waals surface area contributed by atoms with E-state index in [1.54, 1.807) is 50.1 Å². The van der Waals surface area contributed by atoms with E-state index in [9.17, 15) is 4.79 Å². The molecule has 1 N–H and O–H groups in total. The number of aliphatic imine (C=N–C) groups is 1. The van der Waals surface area contributed by atoms with Gasteiger partial charge in [0.2, 0.25) is 0 Å². The van der Waals surface area contributed by atoms with E-state index >= 15 is 0 Å². The molecule has 0 spiro atoms. The van der Waals surface area contributed by atoms with Gasteiger partial charge in [-0.15, -0.1) is 16.8 Å². The number of hydrogen-bond acceptors (Lipinski definition) is 6. The Morgan fingerprint density at radius 2 is 2.00 bits per heavy atom. The second-order valence-corrected chi connectivity index (χ2v) is 7.91. The van der Waals surface area contributed by atoms with Crippen molar-refractivity contribution in [3.05, 3.63) is 71.5 Å². The molecular formula is C23H21N3O4S. The highest BCUT2D eigenvalue weighted by molar-refractivity contribution is 7.99. The van der Waals surface area contributed by atoms with E-state index in [0.717, 1.165) is 5.75 Å². The summed E-state index contributed by atoms with van der Waals surface area (Å²) in [5.41, 5.74) is 0.834. The van der Waals surface area contributed by atoms with Crippen LogP contribution in [0, 0.1) is 5.41 Å². The molecule has 0 bridgehead atoms. The minimum Gasteiger partial charge on any atom is -0.493 e. The Hall–Kier alpha value is -3.52. The Balaban J connectivity index is 1.44. The quantitative estimate of drug-likeness (QED) is 0.396. The monoisotopic (exact) mass is 435 g/mol. The Bertz CT molecular complexity index is 1110. The van der Waals surface area contributed by atoms with E-state index < -0.39 is 5.91 Å². The van der Waals surface area contributed by atoms with Gasteiger partial charge in [0, 0.05) is 16.7 Å². The van der Waals surface area contributed by atoms with Gasteiger partial charge in [0.15, 0.2) is 23.2 Å². The standard InChI is InChI=1S/C23H21N3O4S/c1-15-12-21-25-23(27)18(22(24)26(21)30-15)13-16-8-9-19(20(14-16)28-2)29-10-11-31-17-6-4-3-5-7-17/h3-9,12-14,24H,10-11H2,1-2H3/b18-13+,24-22?. The number of carbonyl (C=O) groups excluding carboxylic acids is 1. The molecule has 4 rings (SSSR count). The molecular weight excluding hydrogens is 414 g/mol. The number of nitrogens with one attached hydrogen (secondary N) is 1. The van der Waals surface area contributed by atoms with Crippen LogP contribution in [0.25, 0.3) is 6.08 Å². The molecule has 8 heteroatoms. The number of ether oxygens (including phenoxy) is 2. The predicted octanol–water partition coefficient (Wildman–Crippen LogP) is 4.32. The third-order valence-corrected chi connectivity index (χ3v) is 5.51. The normalized spacial score (nSPS) is 16.6. The fraction of sp³-hybridized carbons (Fsp3) is 0.174. The lowest BCUT2D eigenvalue weighted by atomic mass is 10.1. The lowest BCUT2D eigenvalue weighted by Gasteiger charge is -2.23. The summed E-state index contributed by atoms with van der Waals surface area (Å²) >= 11 is 1.72. The molecule has 0 saturated heterocycles.